The highest BCUT2D eigenvalue weighted by Crippen LogP contribution is 2.33. The molecule has 30 heavy (non-hydrogen) atoms. The van der Waals surface area contributed by atoms with Gasteiger partial charge in [-0.05, 0) is 30.7 Å². The highest BCUT2D eigenvalue weighted by Gasteiger charge is 2.33. The summed E-state index contributed by atoms with van der Waals surface area (Å²) in [6.45, 7) is 4.90. The lowest BCUT2D eigenvalue weighted by molar-refractivity contribution is -0.138. The molecule has 3 heterocycles. The zero-order valence-corrected chi connectivity index (χ0v) is 17.3. The lowest BCUT2D eigenvalue weighted by atomic mass is 10.0. The van der Waals surface area contributed by atoms with Gasteiger partial charge in [0.15, 0.2) is 0 Å². The Morgan fingerprint density at radius 2 is 2.00 bits per heavy atom. The summed E-state index contributed by atoms with van der Waals surface area (Å²) in [6, 6.07) is 11.1. The minimum atomic E-state index is -4.38. The van der Waals surface area contributed by atoms with E-state index < -0.39 is 11.7 Å². The van der Waals surface area contributed by atoms with Crippen LogP contribution in [-0.4, -0.2) is 34.6 Å². The van der Waals surface area contributed by atoms with Gasteiger partial charge in [-0.25, -0.2) is 4.98 Å². The molecule has 1 saturated heterocycles. The maximum Gasteiger partial charge on any atom is 0.416 e. The third-order valence-electron chi connectivity index (χ3n) is 5.05. The van der Waals surface area contributed by atoms with Gasteiger partial charge in [-0.15, -0.1) is 11.3 Å². The maximum atomic E-state index is 13.3. The smallest absolute Gasteiger partial charge is 0.369 e. The molecular weight excluding hydrogens is 411 g/mol. The second-order valence-electron chi connectivity index (χ2n) is 7.33. The van der Waals surface area contributed by atoms with Gasteiger partial charge < -0.3 is 4.74 Å². The third kappa shape index (κ3) is 5.06. The van der Waals surface area contributed by atoms with E-state index in [1.807, 2.05) is 25.3 Å². The van der Waals surface area contributed by atoms with Gasteiger partial charge in [0.05, 0.1) is 22.9 Å². The molecule has 1 fully saturated rings. The molecule has 1 aromatic carbocycles. The van der Waals surface area contributed by atoms with Crippen molar-refractivity contribution >= 4 is 11.3 Å². The van der Waals surface area contributed by atoms with Crippen molar-refractivity contribution in [2.45, 2.75) is 32.2 Å². The zero-order chi connectivity index (χ0) is 21.1. The first-order valence-electron chi connectivity index (χ1n) is 9.74. The van der Waals surface area contributed by atoms with E-state index in [1.54, 1.807) is 23.5 Å². The number of pyridine rings is 1. The largest absolute Gasteiger partial charge is 0.416 e. The van der Waals surface area contributed by atoms with Crippen LogP contribution in [0.5, 0.6) is 0 Å². The number of benzene rings is 1. The molecule has 0 N–H and O–H groups in total. The van der Waals surface area contributed by atoms with Crippen molar-refractivity contribution in [2.24, 2.45) is 0 Å². The van der Waals surface area contributed by atoms with Crippen LogP contribution in [0.3, 0.4) is 0 Å². The molecule has 0 bridgehead atoms. The van der Waals surface area contributed by atoms with Gasteiger partial charge in [0.2, 0.25) is 0 Å². The SMILES string of the molecule is Cc1ncc(CN2CCO[C@H](c3cccc(Cc4ccccc4C(F)(F)F)n3)C2)s1. The van der Waals surface area contributed by atoms with Crippen LogP contribution in [0.15, 0.2) is 48.7 Å². The van der Waals surface area contributed by atoms with Gasteiger partial charge >= 0.3 is 6.18 Å². The fraction of sp³-hybridized carbons (Fsp3) is 0.364. The molecule has 1 atom stereocenters. The Morgan fingerprint density at radius 3 is 2.77 bits per heavy atom. The van der Waals surface area contributed by atoms with Crippen molar-refractivity contribution in [3.63, 3.8) is 0 Å². The van der Waals surface area contributed by atoms with Crippen LogP contribution in [-0.2, 0) is 23.9 Å². The Balaban J connectivity index is 1.48. The molecule has 0 aliphatic carbocycles. The first-order valence-corrected chi connectivity index (χ1v) is 10.6. The number of morpholine rings is 1. The lowest BCUT2D eigenvalue weighted by Crippen LogP contribution is -2.38. The highest BCUT2D eigenvalue weighted by molar-refractivity contribution is 7.11. The van der Waals surface area contributed by atoms with E-state index in [0.717, 1.165) is 29.9 Å². The fourth-order valence-corrected chi connectivity index (χ4v) is 4.48. The number of alkyl halides is 3. The molecule has 158 valence electrons. The van der Waals surface area contributed by atoms with Crippen LogP contribution in [0.1, 0.15) is 38.5 Å². The monoisotopic (exact) mass is 433 g/mol. The minimum Gasteiger partial charge on any atom is -0.369 e. The van der Waals surface area contributed by atoms with Crippen LogP contribution < -0.4 is 0 Å². The molecule has 1 aliphatic heterocycles. The molecule has 4 nitrogen and oxygen atoms in total. The standard InChI is InChI=1S/C22H22F3N3OS/c1-15-26-12-18(30-15)13-28-9-10-29-21(14-28)20-8-4-6-17(27-20)11-16-5-2-3-7-19(16)22(23,24)25/h2-8,12,21H,9-11,13-14H2,1H3/t21-/m0/s1. The number of ether oxygens (including phenoxy) is 1. The van der Waals surface area contributed by atoms with Crippen molar-refractivity contribution in [1.82, 2.24) is 14.9 Å². The molecule has 0 amide bonds. The van der Waals surface area contributed by atoms with Crippen LogP contribution in [0.2, 0.25) is 0 Å². The quantitative estimate of drug-likeness (QED) is 0.566. The van der Waals surface area contributed by atoms with Crippen LogP contribution in [0, 0.1) is 6.92 Å². The number of aromatic nitrogens is 2. The summed E-state index contributed by atoms with van der Waals surface area (Å²) in [6.07, 6.45) is -2.55. The van der Waals surface area contributed by atoms with E-state index in [9.17, 15) is 13.2 Å². The van der Waals surface area contributed by atoms with E-state index in [0.29, 0.717) is 18.8 Å². The summed E-state index contributed by atoms with van der Waals surface area (Å²) in [5.74, 6) is 0. The Bertz CT molecular complexity index is 1010. The molecule has 0 saturated carbocycles. The van der Waals surface area contributed by atoms with Crippen molar-refractivity contribution in [2.75, 3.05) is 19.7 Å². The van der Waals surface area contributed by atoms with Crippen molar-refractivity contribution in [3.05, 3.63) is 81.1 Å². The molecule has 8 heteroatoms. The number of aryl methyl sites for hydroxylation is 1. The van der Waals surface area contributed by atoms with Crippen molar-refractivity contribution in [3.8, 4) is 0 Å². The minimum absolute atomic E-state index is 0.125. The Morgan fingerprint density at radius 1 is 1.17 bits per heavy atom. The number of halogens is 3. The van der Waals surface area contributed by atoms with Gasteiger partial charge in [0.1, 0.15) is 6.10 Å². The second-order valence-corrected chi connectivity index (χ2v) is 8.64. The maximum absolute atomic E-state index is 13.3. The van der Waals surface area contributed by atoms with E-state index >= 15 is 0 Å². The highest BCUT2D eigenvalue weighted by atomic mass is 32.1. The zero-order valence-electron chi connectivity index (χ0n) is 16.5. The molecule has 0 unspecified atom stereocenters. The molecule has 4 rings (SSSR count). The van der Waals surface area contributed by atoms with Gasteiger partial charge in [-0.3, -0.25) is 9.88 Å². The molecule has 0 radical (unpaired) electrons. The van der Waals surface area contributed by atoms with E-state index in [-0.39, 0.29) is 18.1 Å². The predicted molar refractivity (Wildman–Crippen MR) is 109 cm³/mol. The summed E-state index contributed by atoms with van der Waals surface area (Å²) in [7, 11) is 0. The number of thiazole rings is 1. The Kier molecular flexibility index (Phi) is 6.17. The summed E-state index contributed by atoms with van der Waals surface area (Å²) in [5, 5.41) is 1.04. The van der Waals surface area contributed by atoms with Crippen molar-refractivity contribution in [1.29, 1.82) is 0 Å². The summed E-state index contributed by atoms with van der Waals surface area (Å²) in [5.41, 5.74) is 0.962. The first kappa shape index (κ1) is 21.0. The van der Waals surface area contributed by atoms with E-state index in [2.05, 4.69) is 14.9 Å². The second kappa shape index (κ2) is 8.83. The number of hydrogen-bond donors (Lipinski definition) is 0. The summed E-state index contributed by atoms with van der Waals surface area (Å²) >= 11 is 1.68. The molecule has 2 aromatic heterocycles. The molecule has 0 spiro atoms. The number of rotatable bonds is 5. The van der Waals surface area contributed by atoms with Crippen LogP contribution in [0.4, 0.5) is 13.2 Å². The molecular formula is C22H22F3N3OS. The lowest BCUT2D eigenvalue weighted by Gasteiger charge is -2.32. The molecule has 3 aromatic rings. The fourth-order valence-electron chi connectivity index (χ4n) is 3.65. The Hall–Kier alpha value is -2.29. The van der Waals surface area contributed by atoms with E-state index in [1.165, 1.54) is 17.0 Å². The summed E-state index contributed by atoms with van der Waals surface area (Å²) in [4.78, 5) is 12.4. The first-order chi connectivity index (χ1) is 14.4. The summed E-state index contributed by atoms with van der Waals surface area (Å²) < 4.78 is 45.8. The Labute approximate surface area is 177 Å². The third-order valence-corrected chi connectivity index (χ3v) is 5.95. The van der Waals surface area contributed by atoms with Gasteiger partial charge in [0.25, 0.3) is 0 Å². The topological polar surface area (TPSA) is 38.2 Å². The van der Waals surface area contributed by atoms with Gasteiger partial charge in [0, 0.05) is 42.8 Å². The van der Waals surface area contributed by atoms with Gasteiger partial charge in [-0.2, -0.15) is 13.2 Å². The van der Waals surface area contributed by atoms with Crippen LogP contribution >= 0.6 is 11.3 Å². The van der Waals surface area contributed by atoms with Gasteiger partial charge in [-0.1, -0.05) is 24.3 Å². The predicted octanol–water partition coefficient (Wildman–Crippen LogP) is 5.03. The van der Waals surface area contributed by atoms with Crippen LogP contribution in [0.25, 0.3) is 0 Å². The molecule has 1 aliphatic rings. The normalized spacial score (nSPS) is 17.9. The van der Waals surface area contributed by atoms with Crippen molar-refractivity contribution < 1.29 is 17.9 Å². The number of nitrogens with zero attached hydrogens (tertiary/aromatic N) is 3. The van der Waals surface area contributed by atoms with E-state index in [4.69, 9.17) is 4.74 Å². The average Bonchev–Trinajstić information content (AvgIpc) is 3.12. The number of hydrogen-bond acceptors (Lipinski definition) is 5. The average molecular weight is 433 g/mol.